The maximum Gasteiger partial charge on any atom is 0.500 e. The Morgan fingerprint density at radius 2 is 1.57 bits per heavy atom. The predicted molar refractivity (Wildman–Crippen MR) is 59.0 cm³/mol. The molecule has 0 amide bonds. The number of rotatable bonds is 7. The first-order valence-electron chi connectivity index (χ1n) is 4.96. The van der Waals surface area contributed by atoms with Crippen LogP contribution in [0.25, 0.3) is 0 Å². The lowest BCUT2D eigenvalue weighted by atomic mass is 10.0. The van der Waals surface area contributed by atoms with E-state index in [2.05, 4.69) is 13.8 Å². The summed E-state index contributed by atoms with van der Waals surface area (Å²) < 4.78 is 16.0. The number of nitrogens with two attached hydrogens (primary N) is 1. The van der Waals surface area contributed by atoms with Gasteiger partial charge in [0.05, 0.1) is 0 Å². The van der Waals surface area contributed by atoms with Crippen molar-refractivity contribution in [3.63, 3.8) is 0 Å². The van der Waals surface area contributed by atoms with Crippen LogP contribution in [-0.4, -0.2) is 36.2 Å². The molecule has 2 atom stereocenters. The summed E-state index contributed by atoms with van der Waals surface area (Å²) in [6.45, 7) is 4.18. The van der Waals surface area contributed by atoms with Crippen molar-refractivity contribution in [1.29, 1.82) is 0 Å². The van der Waals surface area contributed by atoms with Gasteiger partial charge in [0, 0.05) is 33.4 Å². The topological polar surface area (TPSA) is 53.7 Å². The summed E-state index contributed by atoms with van der Waals surface area (Å²) in [5.41, 5.74) is 5.94. The Balaban J connectivity index is 4.28. The summed E-state index contributed by atoms with van der Waals surface area (Å²) in [5.74, 6) is 0.353. The highest BCUT2D eigenvalue weighted by Crippen LogP contribution is 2.21. The van der Waals surface area contributed by atoms with Gasteiger partial charge in [-0.05, 0) is 12.3 Å². The fourth-order valence-electron chi connectivity index (χ4n) is 1.45. The van der Waals surface area contributed by atoms with Gasteiger partial charge in [-0.1, -0.05) is 13.8 Å². The van der Waals surface area contributed by atoms with Crippen LogP contribution in [-0.2, 0) is 13.3 Å². The lowest BCUT2D eigenvalue weighted by Crippen LogP contribution is -2.46. The maximum absolute atomic E-state index is 5.94. The van der Waals surface area contributed by atoms with Gasteiger partial charge in [-0.3, -0.25) is 0 Å². The monoisotopic (exact) mass is 221 g/mol. The molecule has 14 heavy (non-hydrogen) atoms. The van der Waals surface area contributed by atoms with E-state index in [1.54, 1.807) is 21.3 Å². The molecule has 0 aromatic rings. The normalized spacial score (nSPS) is 16.7. The molecule has 0 aromatic carbocycles. The minimum absolute atomic E-state index is 0.183. The summed E-state index contributed by atoms with van der Waals surface area (Å²) in [6.07, 6.45) is 0.961. The first kappa shape index (κ1) is 14.1. The average Bonchev–Trinajstić information content (AvgIpc) is 2.24. The van der Waals surface area contributed by atoms with Crippen molar-refractivity contribution < 1.29 is 13.3 Å². The third kappa shape index (κ3) is 3.66. The van der Waals surface area contributed by atoms with E-state index < -0.39 is 8.80 Å². The zero-order valence-corrected chi connectivity index (χ0v) is 10.9. The smallest absolute Gasteiger partial charge is 0.377 e. The van der Waals surface area contributed by atoms with E-state index in [4.69, 9.17) is 19.0 Å². The molecule has 0 spiro atoms. The summed E-state index contributed by atoms with van der Waals surface area (Å²) in [5, 5.41) is 0. The molecule has 0 fully saturated rings. The van der Waals surface area contributed by atoms with Gasteiger partial charge in [-0.2, -0.15) is 0 Å². The molecule has 2 N–H and O–H groups in total. The van der Waals surface area contributed by atoms with Gasteiger partial charge in [0.25, 0.3) is 0 Å². The molecule has 5 heteroatoms. The van der Waals surface area contributed by atoms with Gasteiger partial charge in [-0.15, -0.1) is 0 Å². The lowest BCUT2D eigenvalue weighted by molar-refractivity contribution is 0.117. The molecule has 0 rings (SSSR count). The summed E-state index contributed by atoms with van der Waals surface area (Å²) in [4.78, 5) is 0. The van der Waals surface area contributed by atoms with Crippen molar-refractivity contribution in [1.82, 2.24) is 0 Å². The first-order chi connectivity index (χ1) is 6.55. The zero-order chi connectivity index (χ0) is 11.2. The third-order valence-corrected chi connectivity index (χ3v) is 5.72. The maximum atomic E-state index is 5.94. The van der Waals surface area contributed by atoms with Crippen molar-refractivity contribution in [2.75, 3.05) is 21.3 Å². The summed E-state index contributed by atoms with van der Waals surface area (Å²) >= 11 is 0. The highest BCUT2D eigenvalue weighted by molar-refractivity contribution is 6.60. The van der Waals surface area contributed by atoms with Crippen LogP contribution in [0, 0.1) is 5.92 Å². The average molecular weight is 221 g/mol. The Labute approximate surface area is 88.1 Å². The molecule has 0 aromatic heterocycles. The van der Waals surface area contributed by atoms with E-state index in [0.29, 0.717) is 5.92 Å². The highest BCUT2D eigenvalue weighted by atomic mass is 28.4. The van der Waals surface area contributed by atoms with Crippen molar-refractivity contribution in [2.24, 2.45) is 11.7 Å². The largest absolute Gasteiger partial charge is 0.500 e. The lowest BCUT2D eigenvalue weighted by Gasteiger charge is -2.29. The SMILES string of the molecule is CCC(N)C(C)C[Si](OC)(OC)OC. The van der Waals surface area contributed by atoms with E-state index in [1.165, 1.54) is 0 Å². The molecule has 0 saturated carbocycles. The number of hydrogen-bond acceptors (Lipinski definition) is 4. The second kappa shape index (κ2) is 6.52. The molecule has 0 bridgehead atoms. The summed E-state index contributed by atoms with van der Waals surface area (Å²) in [6, 6.07) is 0.952. The van der Waals surface area contributed by atoms with Gasteiger partial charge in [0.2, 0.25) is 0 Å². The van der Waals surface area contributed by atoms with E-state index in [1.807, 2.05) is 0 Å². The van der Waals surface area contributed by atoms with Crippen molar-refractivity contribution in [3.05, 3.63) is 0 Å². The third-order valence-electron chi connectivity index (χ3n) is 2.71. The Morgan fingerprint density at radius 1 is 1.14 bits per heavy atom. The Hall–Kier alpha value is 0.0569. The van der Waals surface area contributed by atoms with Crippen LogP contribution in [0.2, 0.25) is 6.04 Å². The van der Waals surface area contributed by atoms with E-state index in [0.717, 1.165) is 12.5 Å². The Morgan fingerprint density at radius 3 is 1.86 bits per heavy atom. The Bertz CT molecular complexity index is 145. The van der Waals surface area contributed by atoms with Crippen LogP contribution < -0.4 is 5.73 Å². The molecule has 2 unspecified atom stereocenters. The van der Waals surface area contributed by atoms with E-state index >= 15 is 0 Å². The van der Waals surface area contributed by atoms with Crippen molar-refractivity contribution >= 4 is 8.80 Å². The molecular formula is C9H23NO3Si. The minimum atomic E-state index is -2.44. The second-order valence-corrected chi connectivity index (χ2v) is 6.55. The minimum Gasteiger partial charge on any atom is -0.377 e. The molecule has 0 saturated heterocycles. The summed E-state index contributed by atoms with van der Waals surface area (Å²) in [7, 11) is 2.45. The van der Waals surface area contributed by atoms with Crippen LogP contribution >= 0.6 is 0 Å². The number of hydrogen-bond donors (Lipinski definition) is 1. The molecule has 86 valence electrons. The van der Waals surface area contributed by atoms with Crippen LogP contribution in [0.15, 0.2) is 0 Å². The highest BCUT2D eigenvalue weighted by Gasteiger charge is 2.40. The molecule has 0 aliphatic carbocycles. The van der Waals surface area contributed by atoms with Crippen molar-refractivity contribution in [2.45, 2.75) is 32.4 Å². The van der Waals surface area contributed by atoms with Crippen LogP contribution in [0.4, 0.5) is 0 Å². The van der Waals surface area contributed by atoms with Gasteiger partial charge in [0.15, 0.2) is 0 Å². The predicted octanol–water partition coefficient (Wildman–Crippen LogP) is 1.24. The zero-order valence-electron chi connectivity index (χ0n) is 9.87. The van der Waals surface area contributed by atoms with Gasteiger partial charge < -0.3 is 19.0 Å². The van der Waals surface area contributed by atoms with Gasteiger partial charge >= 0.3 is 8.80 Å². The molecule has 0 heterocycles. The molecule has 0 radical (unpaired) electrons. The van der Waals surface area contributed by atoms with E-state index in [9.17, 15) is 0 Å². The second-order valence-electron chi connectivity index (χ2n) is 3.55. The Kier molecular flexibility index (Phi) is 6.55. The molecule has 0 aliphatic rings. The van der Waals surface area contributed by atoms with Crippen LogP contribution in [0.3, 0.4) is 0 Å². The quantitative estimate of drug-likeness (QED) is 0.657. The standard InChI is InChI=1S/C9H23NO3Si/c1-6-9(10)8(2)7-14(11-3,12-4)13-5/h8-9H,6-7,10H2,1-5H3. The molecule has 4 nitrogen and oxygen atoms in total. The molecular weight excluding hydrogens is 198 g/mol. The fraction of sp³-hybridized carbons (Fsp3) is 1.00. The van der Waals surface area contributed by atoms with Crippen LogP contribution in [0.5, 0.6) is 0 Å². The van der Waals surface area contributed by atoms with E-state index in [-0.39, 0.29) is 6.04 Å². The van der Waals surface area contributed by atoms with Gasteiger partial charge in [-0.25, -0.2) is 0 Å². The molecule has 0 aliphatic heterocycles. The van der Waals surface area contributed by atoms with Crippen LogP contribution in [0.1, 0.15) is 20.3 Å². The van der Waals surface area contributed by atoms with Gasteiger partial charge in [0.1, 0.15) is 0 Å². The first-order valence-corrected chi connectivity index (χ1v) is 6.89. The fourth-order valence-corrected chi connectivity index (χ4v) is 3.54. The van der Waals surface area contributed by atoms with Crippen molar-refractivity contribution in [3.8, 4) is 0 Å².